The Kier molecular flexibility index (Phi) is 5.96. The van der Waals surface area contributed by atoms with E-state index in [-0.39, 0.29) is 6.61 Å². The molecule has 0 fully saturated rings. The van der Waals surface area contributed by atoms with E-state index in [2.05, 4.69) is 4.98 Å². The van der Waals surface area contributed by atoms with Crippen LogP contribution in [-0.2, 0) is 18.9 Å². The maximum atomic E-state index is 9.55. The van der Waals surface area contributed by atoms with Crippen LogP contribution in [0.3, 0.4) is 0 Å². The van der Waals surface area contributed by atoms with E-state index in [1.807, 2.05) is 10.6 Å². The Hall–Kier alpha value is -0.720. The minimum atomic E-state index is -0.511. The molecule has 2 N–H and O–H groups in total. The summed E-state index contributed by atoms with van der Waals surface area (Å²) in [6.45, 7) is 1.99. The van der Waals surface area contributed by atoms with Crippen molar-refractivity contribution in [2.45, 2.75) is 37.1 Å². The molecule has 2 rings (SSSR count). The summed E-state index contributed by atoms with van der Waals surface area (Å²) in [4.78, 5) is 4.29. The van der Waals surface area contributed by atoms with Crippen LogP contribution >= 0.6 is 35.0 Å². The molecule has 0 aliphatic rings. The SMILES string of the molecule is CC(O)Cn1c(CO)cnc1SCc1ccc(Cl)cc1Cl. The Morgan fingerprint density at radius 1 is 1.38 bits per heavy atom. The molecule has 0 amide bonds. The molecule has 4 nitrogen and oxygen atoms in total. The lowest BCUT2D eigenvalue weighted by atomic mass is 10.2. The Morgan fingerprint density at radius 3 is 2.76 bits per heavy atom. The number of halogens is 2. The van der Waals surface area contributed by atoms with Gasteiger partial charge in [0.2, 0.25) is 0 Å². The number of rotatable bonds is 6. The third-order valence-corrected chi connectivity index (χ3v) is 4.51. The van der Waals surface area contributed by atoms with Gasteiger partial charge in [-0.1, -0.05) is 41.0 Å². The summed E-state index contributed by atoms with van der Waals surface area (Å²) in [6.07, 6.45) is 1.11. The molecule has 1 unspecified atom stereocenters. The highest BCUT2D eigenvalue weighted by Crippen LogP contribution is 2.28. The molecule has 21 heavy (non-hydrogen) atoms. The highest BCUT2D eigenvalue weighted by atomic mass is 35.5. The van der Waals surface area contributed by atoms with E-state index in [9.17, 15) is 10.2 Å². The second kappa shape index (κ2) is 7.51. The number of aliphatic hydroxyl groups is 2. The lowest BCUT2D eigenvalue weighted by Gasteiger charge is -2.12. The first-order valence-electron chi connectivity index (χ1n) is 6.41. The molecule has 114 valence electrons. The van der Waals surface area contributed by atoms with Crippen molar-refractivity contribution in [1.82, 2.24) is 9.55 Å². The minimum absolute atomic E-state index is 0.109. The standard InChI is InChI=1S/C14H16Cl2N2O2S/c1-9(20)6-18-12(7-19)5-17-14(18)21-8-10-2-3-11(15)4-13(10)16/h2-5,9,19-20H,6-8H2,1H3. The van der Waals surface area contributed by atoms with Crippen molar-refractivity contribution in [1.29, 1.82) is 0 Å². The van der Waals surface area contributed by atoms with Gasteiger partial charge in [0.1, 0.15) is 0 Å². The monoisotopic (exact) mass is 346 g/mol. The summed E-state index contributed by atoms with van der Waals surface area (Å²) < 4.78 is 1.82. The zero-order valence-electron chi connectivity index (χ0n) is 11.5. The van der Waals surface area contributed by atoms with Crippen LogP contribution in [0.1, 0.15) is 18.2 Å². The van der Waals surface area contributed by atoms with Gasteiger partial charge in [0, 0.05) is 15.8 Å². The first kappa shape index (κ1) is 16.6. The second-order valence-electron chi connectivity index (χ2n) is 4.67. The Labute approximate surface area is 137 Å². The summed E-state index contributed by atoms with van der Waals surface area (Å²) in [5.74, 6) is 0.637. The smallest absolute Gasteiger partial charge is 0.168 e. The fraction of sp³-hybridized carbons (Fsp3) is 0.357. The molecule has 0 saturated carbocycles. The van der Waals surface area contributed by atoms with Gasteiger partial charge in [-0.2, -0.15) is 0 Å². The summed E-state index contributed by atoms with van der Waals surface area (Å²) in [5.41, 5.74) is 1.64. The van der Waals surface area contributed by atoms with Crippen LogP contribution < -0.4 is 0 Å². The van der Waals surface area contributed by atoms with Gasteiger partial charge in [0.25, 0.3) is 0 Å². The van der Waals surface area contributed by atoms with Gasteiger partial charge in [-0.05, 0) is 24.6 Å². The molecule has 1 heterocycles. The predicted molar refractivity (Wildman–Crippen MR) is 85.9 cm³/mol. The van der Waals surface area contributed by atoms with Crippen LogP contribution in [0.5, 0.6) is 0 Å². The summed E-state index contributed by atoms with van der Waals surface area (Å²) in [6, 6.07) is 5.39. The molecule has 0 aliphatic carbocycles. The van der Waals surface area contributed by atoms with E-state index in [4.69, 9.17) is 23.2 Å². The normalized spacial score (nSPS) is 12.6. The van der Waals surface area contributed by atoms with Gasteiger partial charge in [-0.25, -0.2) is 4.98 Å². The van der Waals surface area contributed by atoms with Crippen molar-refractivity contribution in [3.05, 3.63) is 45.7 Å². The summed E-state index contributed by atoms with van der Waals surface area (Å²) >= 11 is 13.5. The van der Waals surface area contributed by atoms with E-state index in [1.54, 1.807) is 25.3 Å². The van der Waals surface area contributed by atoms with Crippen molar-refractivity contribution in [2.75, 3.05) is 0 Å². The summed E-state index contributed by atoms with van der Waals surface area (Å²) in [7, 11) is 0. The fourth-order valence-corrected chi connectivity index (χ4v) is 3.44. The van der Waals surface area contributed by atoms with Crippen LogP contribution in [0.15, 0.2) is 29.6 Å². The number of imidazole rings is 1. The molecule has 0 spiro atoms. The highest BCUT2D eigenvalue weighted by Gasteiger charge is 2.12. The zero-order chi connectivity index (χ0) is 15.4. The number of hydrogen-bond acceptors (Lipinski definition) is 4. The number of aromatic nitrogens is 2. The van der Waals surface area contributed by atoms with Crippen molar-refractivity contribution in [2.24, 2.45) is 0 Å². The average molecular weight is 347 g/mol. The van der Waals surface area contributed by atoms with Crippen LogP contribution in [0.4, 0.5) is 0 Å². The molecule has 7 heteroatoms. The average Bonchev–Trinajstić information content (AvgIpc) is 2.79. The maximum Gasteiger partial charge on any atom is 0.168 e. The topological polar surface area (TPSA) is 58.3 Å². The molecule has 1 aromatic carbocycles. The Bertz CT molecular complexity index is 617. The first-order valence-corrected chi connectivity index (χ1v) is 8.15. The van der Waals surface area contributed by atoms with Crippen LogP contribution in [0.2, 0.25) is 10.0 Å². The lowest BCUT2D eigenvalue weighted by Crippen LogP contribution is -2.15. The zero-order valence-corrected chi connectivity index (χ0v) is 13.8. The number of nitrogens with zero attached hydrogens (tertiary/aromatic N) is 2. The molecular formula is C14H16Cl2N2O2S. The van der Waals surface area contributed by atoms with Gasteiger partial charge in [0.05, 0.1) is 31.1 Å². The first-order chi connectivity index (χ1) is 10.0. The quantitative estimate of drug-likeness (QED) is 0.787. The molecule has 2 aromatic rings. The number of thioether (sulfide) groups is 1. The number of hydrogen-bond donors (Lipinski definition) is 2. The highest BCUT2D eigenvalue weighted by molar-refractivity contribution is 7.98. The van der Waals surface area contributed by atoms with Crippen LogP contribution in [0.25, 0.3) is 0 Å². The van der Waals surface area contributed by atoms with Crippen LogP contribution in [0, 0.1) is 0 Å². The summed E-state index contributed by atoms with van der Waals surface area (Å²) in [5, 5.41) is 20.8. The van der Waals surface area contributed by atoms with Crippen molar-refractivity contribution < 1.29 is 10.2 Å². The lowest BCUT2D eigenvalue weighted by molar-refractivity contribution is 0.165. The number of aliphatic hydroxyl groups excluding tert-OH is 2. The van der Waals surface area contributed by atoms with Crippen molar-refractivity contribution in [3.8, 4) is 0 Å². The van der Waals surface area contributed by atoms with Crippen LogP contribution in [-0.4, -0.2) is 25.9 Å². The molecule has 1 atom stereocenters. The molecule has 0 bridgehead atoms. The fourth-order valence-electron chi connectivity index (χ4n) is 1.87. The molecule has 1 aromatic heterocycles. The molecule has 0 aliphatic heterocycles. The number of benzene rings is 1. The molecule has 0 saturated heterocycles. The van der Waals surface area contributed by atoms with Crippen molar-refractivity contribution >= 4 is 35.0 Å². The maximum absolute atomic E-state index is 9.55. The van der Waals surface area contributed by atoms with Crippen molar-refractivity contribution in [3.63, 3.8) is 0 Å². The van der Waals surface area contributed by atoms with E-state index in [0.717, 1.165) is 10.7 Å². The third kappa shape index (κ3) is 4.37. The van der Waals surface area contributed by atoms with E-state index in [0.29, 0.717) is 28.0 Å². The third-order valence-electron chi connectivity index (χ3n) is 2.88. The van der Waals surface area contributed by atoms with E-state index in [1.165, 1.54) is 11.8 Å². The van der Waals surface area contributed by atoms with Gasteiger partial charge >= 0.3 is 0 Å². The minimum Gasteiger partial charge on any atom is -0.392 e. The van der Waals surface area contributed by atoms with Gasteiger partial charge < -0.3 is 14.8 Å². The van der Waals surface area contributed by atoms with E-state index < -0.39 is 6.10 Å². The van der Waals surface area contributed by atoms with E-state index >= 15 is 0 Å². The second-order valence-corrected chi connectivity index (χ2v) is 6.46. The van der Waals surface area contributed by atoms with Gasteiger partial charge in [-0.15, -0.1) is 0 Å². The van der Waals surface area contributed by atoms with Gasteiger partial charge in [-0.3, -0.25) is 0 Å². The predicted octanol–water partition coefficient (Wildman–Crippen LogP) is 3.36. The molecular weight excluding hydrogens is 331 g/mol. The van der Waals surface area contributed by atoms with Gasteiger partial charge in [0.15, 0.2) is 5.16 Å². The Morgan fingerprint density at radius 2 is 2.14 bits per heavy atom. The molecule has 0 radical (unpaired) electrons. The largest absolute Gasteiger partial charge is 0.392 e. The Balaban J connectivity index is 2.14.